The van der Waals surface area contributed by atoms with E-state index in [2.05, 4.69) is 4.98 Å². The highest BCUT2D eigenvalue weighted by molar-refractivity contribution is 5.75. The van der Waals surface area contributed by atoms with Gasteiger partial charge in [0, 0.05) is 6.42 Å². The summed E-state index contributed by atoms with van der Waals surface area (Å²) in [7, 11) is 0. The van der Waals surface area contributed by atoms with Crippen LogP contribution in [-0.4, -0.2) is 22.1 Å². The second kappa shape index (κ2) is 6.07. The molecule has 3 rings (SSSR count). The highest BCUT2D eigenvalue weighted by atomic mass is 16.5. The molecule has 0 N–H and O–H groups in total. The highest BCUT2D eigenvalue weighted by Gasteiger charge is 2.19. The van der Waals surface area contributed by atoms with Crippen molar-refractivity contribution in [2.75, 3.05) is 6.61 Å². The molecule has 1 saturated carbocycles. The van der Waals surface area contributed by atoms with E-state index in [9.17, 15) is 4.79 Å². The predicted octanol–water partition coefficient (Wildman–Crippen LogP) is 3.16. The lowest BCUT2D eigenvalue weighted by molar-refractivity contribution is -0.145. The maximum atomic E-state index is 11.7. The van der Waals surface area contributed by atoms with Crippen molar-refractivity contribution in [1.29, 1.82) is 0 Å². The Kier molecular flexibility index (Phi) is 4.00. The van der Waals surface area contributed by atoms with Crippen molar-refractivity contribution in [1.82, 2.24) is 9.55 Å². The van der Waals surface area contributed by atoms with E-state index in [-0.39, 0.29) is 5.97 Å². The summed E-state index contributed by atoms with van der Waals surface area (Å²) in [6.45, 7) is 1.09. The number of carbonyl (C=O) groups is 1. The quantitative estimate of drug-likeness (QED) is 0.785. The van der Waals surface area contributed by atoms with Crippen molar-refractivity contribution in [2.45, 2.75) is 38.6 Å². The number of aromatic nitrogens is 2. The second-order valence-corrected chi connectivity index (χ2v) is 5.50. The lowest BCUT2D eigenvalue weighted by Gasteiger charge is -2.09. The Balaban J connectivity index is 1.48. The lowest BCUT2D eigenvalue weighted by atomic mass is 10.1. The summed E-state index contributed by atoms with van der Waals surface area (Å²) in [6.07, 6.45) is 7.28. The van der Waals surface area contributed by atoms with Crippen LogP contribution in [0, 0.1) is 5.92 Å². The first-order valence-corrected chi connectivity index (χ1v) is 7.38. The summed E-state index contributed by atoms with van der Waals surface area (Å²) in [4.78, 5) is 16.1. The maximum Gasteiger partial charge on any atom is 0.306 e. The fraction of sp³-hybridized carbons (Fsp3) is 0.500. The zero-order valence-corrected chi connectivity index (χ0v) is 11.6. The monoisotopic (exact) mass is 272 g/mol. The van der Waals surface area contributed by atoms with Crippen LogP contribution in [0.1, 0.15) is 32.1 Å². The average molecular weight is 272 g/mol. The van der Waals surface area contributed by atoms with Crippen molar-refractivity contribution >= 4 is 17.0 Å². The zero-order chi connectivity index (χ0) is 13.8. The van der Waals surface area contributed by atoms with Gasteiger partial charge in [-0.05, 0) is 30.9 Å². The lowest BCUT2D eigenvalue weighted by Crippen LogP contribution is -2.13. The van der Waals surface area contributed by atoms with Gasteiger partial charge in [-0.2, -0.15) is 0 Å². The summed E-state index contributed by atoms with van der Waals surface area (Å²) < 4.78 is 7.36. The molecule has 20 heavy (non-hydrogen) atoms. The molecular weight excluding hydrogens is 252 g/mol. The molecule has 1 aliphatic carbocycles. The first-order valence-electron chi connectivity index (χ1n) is 7.38. The molecule has 0 aliphatic heterocycles. The number of rotatable bonds is 5. The van der Waals surface area contributed by atoms with E-state index in [1.807, 2.05) is 28.8 Å². The Morgan fingerprint density at radius 1 is 1.30 bits per heavy atom. The number of benzene rings is 1. The fourth-order valence-corrected chi connectivity index (χ4v) is 2.96. The first kappa shape index (κ1) is 13.2. The van der Waals surface area contributed by atoms with Crippen LogP contribution in [0.5, 0.6) is 0 Å². The van der Waals surface area contributed by atoms with Crippen molar-refractivity contribution in [3.8, 4) is 0 Å². The van der Waals surface area contributed by atoms with Gasteiger partial charge in [0.15, 0.2) is 0 Å². The van der Waals surface area contributed by atoms with Gasteiger partial charge < -0.3 is 9.30 Å². The van der Waals surface area contributed by atoms with Crippen LogP contribution in [0.15, 0.2) is 30.6 Å². The summed E-state index contributed by atoms with van der Waals surface area (Å²) in [6, 6.07) is 7.98. The van der Waals surface area contributed by atoms with Crippen molar-refractivity contribution in [3.05, 3.63) is 30.6 Å². The third kappa shape index (κ3) is 3.00. The molecule has 2 aromatic rings. The Hall–Kier alpha value is -1.84. The molecule has 0 saturated heterocycles. The Morgan fingerprint density at radius 3 is 2.95 bits per heavy atom. The van der Waals surface area contributed by atoms with E-state index in [1.165, 1.54) is 25.7 Å². The molecule has 106 valence electrons. The number of fused-ring (bicyclic) bond motifs is 1. The SMILES string of the molecule is O=C(CC1CCCC1)OCCn1cnc2ccccc21. The minimum Gasteiger partial charge on any atom is -0.464 e. The second-order valence-electron chi connectivity index (χ2n) is 5.50. The van der Waals surface area contributed by atoms with Gasteiger partial charge in [-0.3, -0.25) is 4.79 Å². The van der Waals surface area contributed by atoms with Crippen molar-refractivity contribution in [2.24, 2.45) is 5.92 Å². The summed E-state index contributed by atoms with van der Waals surface area (Å²) >= 11 is 0. The van der Waals surface area contributed by atoms with Crippen LogP contribution in [0.2, 0.25) is 0 Å². The van der Waals surface area contributed by atoms with Gasteiger partial charge in [0.2, 0.25) is 0 Å². The van der Waals surface area contributed by atoms with E-state index in [4.69, 9.17) is 4.74 Å². The van der Waals surface area contributed by atoms with Crippen LogP contribution in [-0.2, 0) is 16.1 Å². The molecule has 4 nitrogen and oxygen atoms in total. The molecule has 1 aromatic heterocycles. The number of hydrogen-bond donors (Lipinski definition) is 0. The smallest absolute Gasteiger partial charge is 0.306 e. The summed E-state index contributed by atoms with van der Waals surface area (Å²) in [5, 5.41) is 0. The number of esters is 1. The van der Waals surface area contributed by atoms with Gasteiger partial charge in [-0.25, -0.2) is 4.98 Å². The molecule has 1 aromatic carbocycles. The molecule has 1 heterocycles. The molecule has 0 atom stereocenters. The molecule has 0 spiro atoms. The predicted molar refractivity (Wildman–Crippen MR) is 77.3 cm³/mol. The van der Waals surface area contributed by atoms with Gasteiger partial charge in [-0.15, -0.1) is 0 Å². The van der Waals surface area contributed by atoms with Crippen LogP contribution in [0.3, 0.4) is 0 Å². The van der Waals surface area contributed by atoms with Crippen LogP contribution < -0.4 is 0 Å². The number of carbonyl (C=O) groups excluding carboxylic acids is 1. The van der Waals surface area contributed by atoms with E-state index in [1.54, 1.807) is 6.33 Å². The Labute approximate surface area is 118 Å². The maximum absolute atomic E-state index is 11.7. The minimum absolute atomic E-state index is 0.0543. The minimum atomic E-state index is -0.0543. The van der Waals surface area contributed by atoms with Crippen molar-refractivity contribution in [3.63, 3.8) is 0 Å². The number of nitrogens with zero attached hydrogens (tertiary/aromatic N) is 2. The Bertz CT molecular complexity index is 585. The topological polar surface area (TPSA) is 44.1 Å². The summed E-state index contributed by atoms with van der Waals surface area (Å²) in [5.41, 5.74) is 2.06. The first-order chi connectivity index (χ1) is 9.83. The normalized spacial score (nSPS) is 15.8. The molecule has 0 unspecified atom stereocenters. The summed E-state index contributed by atoms with van der Waals surface area (Å²) in [5.74, 6) is 0.498. The molecule has 1 fully saturated rings. The van der Waals surface area contributed by atoms with E-state index in [0.717, 1.165) is 11.0 Å². The van der Waals surface area contributed by atoms with Crippen LogP contribution in [0.4, 0.5) is 0 Å². The third-order valence-corrected chi connectivity index (χ3v) is 4.05. The molecule has 0 bridgehead atoms. The molecule has 0 radical (unpaired) electrons. The number of para-hydroxylation sites is 2. The third-order valence-electron chi connectivity index (χ3n) is 4.05. The van der Waals surface area contributed by atoms with Crippen LogP contribution >= 0.6 is 0 Å². The average Bonchev–Trinajstić information content (AvgIpc) is 3.09. The molecular formula is C16H20N2O2. The van der Waals surface area contributed by atoms with Gasteiger partial charge in [0.25, 0.3) is 0 Å². The number of ether oxygens (including phenoxy) is 1. The molecule has 0 amide bonds. The van der Waals surface area contributed by atoms with E-state index >= 15 is 0 Å². The van der Waals surface area contributed by atoms with Gasteiger partial charge in [-0.1, -0.05) is 25.0 Å². The largest absolute Gasteiger partial charge is 0.464 e. The number of imidazole rings is 1. The molecule has 1 aliphatic rings. The van der Waals surface area contributed by atoms with E-state index in [0.29, 0.717) is 25.5 Å². The zero-order valence-electron chi connectivity index (χ0n) is 11.6. The fourth-order valence-electron chi connectivity index (χ4n) is 2.96. The van der Waals surface area contributed by atoms with Crippen LogP contribution in [0.25, 0.3) is 11.0 Å². The Morgan fingerprint density at radius 2 is 2.10 bits per heavy atom. The van der Waals surface area contributed by atoms with Gasteiger partial charge in [0.05, 0.1) is 23.9 Å². The number of hydrogen-bond acceptors (Lipinski definition) is 3. The highest BCUT2D eigenvalue weighted by Crippen LogP contribution is 2.27. The molecule has 4 heteroatoms. The standard InChI is InChI=1S/C16H20N2O2/c19-16(11-13-5-1-2-6-13)20-10-9-18-12-17-14-7-3-4-8-15(14)18/h3-4,7-8,12-13H,1-2,5-6,9-11H2. The van der Waals surface area contributed by atoms with Gasteiger partial charge in [0.1, 0.15) is 6.61 Å². The van der Waals surface area contributed by atoms with Crippen molar-refractivity contribution < 1.29 is 9.53 Å². The van der Waals surface area contributed by atoms with Gasteiger partial charge >= 0.3 is 5.97 Å². The van der Waals surface area contributed by atoms with E-state index < -0.39 is 0 Å².